The van der Waals surface area contributed by atoms with E-state index in [1.165, 1.54) is 0 Å². The molecule has 0 aliphatic rings. The van der Waals surface area contributed by atoms with Crippen molar-refractivity contribution in [2.24, 2.45) is 0 Å². The molecule has 64 valence electrons. The van der Waals surface area contributed by atoms with Crippen LogP contribution in [0.4, 0.5) is 0 Å². The van der Waals surface area contributed by atoms with Gasteiger partial charge in [-0.1, -0.05) is 47.8 Å². The lowest BCUT2D eigenvalue weighted by molar-refractivity contribution is -0.138. The Morgan fingerprint density at radius 3 is 2.00 bits per heavy atom. The number of carboxylic acids is 1. The number of carbonyl (C=O) groups excluding carboxylic acids is 1. The Morgan fingerprint density at radius 1 is 1.27 bits per heavy atom. The fourth-order valence-electron chi connectivity index (χ4n) is 0.391. The molecule has 1 atom stereocenters. The van der Waals surface area contributed by atoms with Gasteiger partial charge in [-0.05, 0) is 0 Å². The minimum Gasteiger partial charge on any atom is -0.481 e. The second kappa shape index (κ2) is 5.27. The zero-order valence-electron chi connectivity index (χ0n) is 5.26. The van der Waals surface area contributed by atoms with E-state index in [0.29, 0.717) is 0 Å². The molecule has 0 aliphatic carbocycles. The Hall–Kier alpha value is 0.580. The van der Waals surface area contributed by atoms with Gasteiger partial charge in [0.15, 0.2) is 5.78 Å². The number of rotatable bonds is 4. The summed E-state index contributed by atoms with van der Waals surface area (Å²) in [5, 5.41) is 8.30. The molecule has 1 N–H and O–H groups in total. The van der Waals surface area contributed by atoms with Gasteiger partial charge in [-0.3, -0.25) is 9.59 Å². The van der Waals surface area contributed by atoms with Gasteiger partial charge in [0.2, 0.25) is 0 Å². The normalized spacial score (nSPS) is 13.1. The van der Waals surface area contributed by atoms with Gasteiger partial charge in [-0.2, -0.15) is 0 Å². The lowest BCUT2D eigenvalue weighted by atomic mass is 10.2. The van der Waals surface area contributed by atoms with E-state index in [0.717, 1.165) is 0 Å². The summed E-state index contributed by atoms with van der Waals surface area (Å²) in [7, 11) is 0. The molecule has 0 spiro atoms. The number of carboxylic acid groups (broad SMARTS) is 1. The van der Waals surface area contributed by atoms with Crippen molar-refractivity contribution in [3.05, 3.63) is 0 Å². The maximum atomic E-state index is 11.0. The van der Waals surface area contributed by atoms with Gasteiger partial charge in [-0.25, -0.2) is 0 Å². The second-order valence-corrected chi connectivity index (χ2v) is 5.93. The van der Waals surface area contributed by atoms with Gasteiger partial charge >= 0.3 is 5.97 Å². The monoisotopic (exact) mass is 350 g/mol. The number of aliphatic carboxylic acids is 1. The van der Waals surface area contributed by atoms with Gasteiger partial charge in [0.1, 0.15) is 3.74 Å². The summed E-state index contributed by atoms with van der Waals surface area (Å²) in [5.74, 6) is -1.23. The van der Waals surface area contributed by atoms with Crippen LogP contribution in [-0.4, -0.2) is 25.4 Å². The van der Waals surface area contributed by atoms with Crippen LogP contribution in [0.5, 0.6) is 0 Å². The molecular weight excluding hydrogens is 348 g/mol. The number of alkyl halides is 3. The summed E-state index contributed by atoms with van der Waals surface area (Å²) in [5.41, 5.74) is 0. The van der Waals surface area contributed by atoms with Crippen LogP contribution in [0.1, 0.15) is 6.42 Å². The molecule has 0 heterocycles. The molecule has 0 aromatic carbocycles. The van der Waals surface area contributed by atoms with Crippen LogP contribution in [0.3, 0.4) is 0 Å². The summed E-state index contributed by atoms with van der Waals surface area (Å²) >= 11 is 8.90. The molecule has 0 radical (unpaired) electrons. The first-order chi connectivity index (χ1) is 4.95. The lowest BCUT2D eigenvalue weighted by Gasteiger charge is -2.05. The molecule has 0 fully saturated rings. The Bertz CT molecular complexity index is 168. The average molecular weight is 353 g/mol. The average Bonchev–Trinajstić information content (AvgIpc) is 1.84. The predicted molar refractivity (Wildman–Crippen MR) is 51.6 cm³/mol. The molecule has 0 amide bonds. The first kappa shape index (κ1) is 11.6. The summed E-state index contributed by atoms with van der Waals surface area (Å²) in [4.78, 5) is 20.5. The first-order valence-corrected chi connectivity index (χ1v) is 5.37. The quantitative estimate of drug-likeness (QED) is 0.786. The number of halogens is 3. The van der Waals surface area contributed by atoms with Gasteiger partial charge in [0.05, 0.1) is 11.2 Å². The molecule has 6 heteroatoms. The lowest BCUT2D eigenvalue weighted by Crippen LogP contribution is -2.22. The van der Waals surface area contributed by atoms with Crippen LogP contribution in [0.25, 0.3) is 0 Å². The van der Waals surface area contributed by atoms with Crippen molar-refractivity contribution in [3.63, 3.8) is 0 Å². The van der Waals surface area contributed by atoms with Crippen molar-refractivity contribution in [1.82, 2.24) is 0 Å². The molecule has 0 saturated carbocycles. The maximum absolute atomic E-state index is 11.0. The minimum atomic E-state index is -0.999. The third-order valence-corrected chi connectivity index (χ3v) is 2.56. The van der Waals surface area contributed by atoms with E-state index < -0.39 is 14.5 Å². The summed E-state index contributed by atoms with van der Waals surface area (Å²) in [6.07, 6.45) is -0.202. The zero-order chi connectivity index (χ0) is 9.02. The summed E-state index contributed by atoms with van der Waals surface area (Å²) in [6.45, 7) is 0. The Kier molecular flexibility index (Phi) is 5.54. The number of carbonyl (C=O) groups is 2. The van der Waals surface area contributed by atoms with Crippen molar-refractivity contribution >= 4 is 59.5 Å². The molecule has 0 bridgehead atoms. The Labute approximate surface area is 88.9 Å². The molecule has 0 aromatic rings. The van der Waals surface area contributed by atoms with Gasteiger partial charge in [0.25, 0.3) is 0 Å². The highest BCUT2D eigenvalue weighted by atomic mass is 79.9. The smallest absolute Gasteiger partial charge is 0.304 e. The van der Waals surface area contributed by atoms with Crippen LogP contribution in [0, 0.1) is 0 Å². The SMILES string of the molecule is O=C(O)CC(Br)C(=O)C(Br)Br. The van der Waals surface area contributed by atoms with Crippen molar-refractivity contribution < 1.29 is 14.7 Å². The molecule has 0 saturated heterocycles. The standard InChI is InChI=1S/C5H5Br3O3/c6-2(1-3(9)10)4(11)5(7)8/h2,5H,1H2,(H,9,10). The number of hydrogen-bond acceptors (Lipinski definition) is 2. The predicted octanol–water partition coefficient (Wildman–Crippen LogP) is 1.91. The van der Waals surface area contributed by atoms with Crippen LogP contribution in [0.15, 0.2) is 0 Å². The number of Topliss-reactive ketones (excluding diaryl/α,β-unsaturated/α-hetero) is 1. The molecule has 1 unspecified atom stereocenters. The van der Waals surface area contributed by atoms with E-state index in [1.54, 1.807) is 0 Å². The molecule has 0 aliphatic heterocycles. The highest BCUT2D eigenvalue weighted by molar-refractivity contribution is 9.25. The van der Waals surface area contributed by atoms with Gasteiger partial charge < -0.3 is 5.11 Å². The van der Waals surface area contributed by atoms with E-state index in [-0.39, 0.29) is 12.2 Å². The van der Waals surface area contributed by atoms with E-state index in [1.807, 2.05) is 0 Å². The van der Waals surface area contributed by atoms with Crippen molar-refractivity contribution in [2.45, 2.75) is 15.0 Å². The van der Waals surface area contributed by atoms with Crippen LogP contribution < -0.4 is 0 Å². The second-order valence-electron chi connectivity index (χ2n) is 1.77. The van der Waals surface area contributed by atoms with Crippen molar-refractivity contribution in [3.8, 4) is 0 Å². The molecule has 0 rings (SSSR count). The zero-order valence-corrected chi connectivity index (χ0v) is 10.0. The number of ketones is 1. The maximum Gasteiger partial charge on any atom is 0.304 e. The van der Waals surface area contributed by atoms with E-state index in [4.69, 9.17) is 5.11 Å². The summed E-state index contributed by atoms with van der Waals surface area (Å²) in [6, 6.07) is 0. The minimum absolute atomic E-state index is 0.202. The molecule has 11 heavy (non-hydrogen) atoms. The largest absolute Gasteiger partial charge is 0.481 e. The molecule has 3 nitrogen and oxygen atoms in total. The Morgan fingerprint density at radius 2 is 1.73 bits per heavy atom. The van der Waals surface area contributed by atoms with Crippen LogP contribution in [0.2, 0.25) is 0 Å². The van der Waals surface area contributed by atoms with E-state index >= 15 is 0 Å². The molecule has 0 aromatic heterocycles. The Balaban J connectivity index is 3.93. The fourth-order valence-corrected chi connectivity index (χ4v) is 2.28. The highest BCUT2D eigenvalue weighted by Gasteiger charge is 2.22. The third-order valence-electron chi connectivity index (χ3n) is 0.878. The van der Waals surface area contributed by atoms with Crippen molar-refractivity contribution in [2.75, 3.05) is 0 Å². The first-order valence-electron chi connectivity index (χ1n) is 2.63. The van der Waals surface area contributed by atoms with E-state index in [9.17, 15) is 9.59 Å². The third kappa shape index (κ3) is 4.92. The van der Waals surface area contributed by atoms with E-state index in [2.05, 4.69) is 47.8 Å². The van der Waals surface area contributed by atoms with Crippen LogP contribution in [-0.2, 0) is 9.59 Å². The summed E-state index contributed by atoms with van der Waals surface area (Å²) < 4.78 is -0.487. The highest BCUT2D eigenvalue weighted by Crippen LogP contribution is 2.17. The van der Waals surface area contributed by atoms with Gasteiger partial charge in [0, 0.05) is 0 Å². The number of hydrogen-bond donors (Lipinski definition) is 1. The fraction of sp³-hybridized carbons (Fsp3) is 0.600. The van der Waals surface area contributed by atoms with Crippen LogP contribution >= 0.6 is 47.8 Å². The van der Waals surface area contributed by atoms with Gasteiger partial charge in [-0.15, -0.1) is 0 Å². The van der Waals surface area contributed by atoms with Crippen molar-refractivity contribution in [1.29, 1.82) is 0 Å². The topological polar surface area (TPSA) is 54.4 Å². The molecular formula is C5H5Br3O3.